The number of allylic oxidation sites excluding steroid dienone is 2. The summed E-state index contributed by atoms with van der Waals surface area (Å²) in [6, 6.07) is 103. The molecule has 0 unspecified atom stereocenters. The van der Waals surface area contributed by atoms with Crippen LogP contribution in [0.2, 0.25) is 0 Å². The lowest BCUT2D eigenvalue weighted by molar-refractivity contribution is 0.967. The molecule has 21 aromatic rings. The van der Waals surface area contributed by atoms with Crippen molar-refractivity contribution in [1.29, 1.82) is 0 Å². The van der Waals surface area contributed by atoms with Crippen molar-refractivity contribution in [2.24, 2.45) is 0 Å². The van der Waals surface area contributed by atoms with Crippen molar-refractivity contribution in [3.05, 3.63) is 321 Å². The highest BCUT2D eigenvalue weighted by molar-refractivity contribution is 7.19. The molecule has 0 fully saturated rings. The van der Waals surface area contributed by atoms with E-state index in [1.807, 2.05) is 30.4 Å². The number of hydrogen-bond donors (Lipinski definition) is 0. The van der Waals surface area contributed by atoms with E-state index in [4.69, 9.17) is 39.9 Å². The number of benzene rings is 11. The Morgan fingerprint density at radius 1 is 0.284 bits per heavy atom. The fraction of sp³-hybridized carbons (Fsp3) is 0.0118. The van der Waals surface area contributed by atoms with E-state index in [2.05, 4.69) is 322 Å². The van der Waals surface area contributed by atoms with Crippen LogP contribution in [0.3, 0.4) is 0 Å². The molecule has 0 aliphatic carbocycles. The van der Waals surface area contributed by atoms with E-state index in [0.717, 1.165) is 123 Å². The van der Waals surface area contributed by atoms with E-state index >= 15 is 0 Å². The molecule has 0 aliphatic heterocycles. The van der Waals surface area contributed by atoms with Gasteiger partial charge >= 0.3 is 0 Å². The van der Waals surface area contributed by atoms with Crippen molar-refractivity contribution in [3.8, 4) is 46.0 Å². The van der Waals surface area contributed by atoms with Gasteiger partial charge in [0.25, 0.3) is 0 Å². The summed E-state index contributed by atoms with van der Waals surface area (Å²) in [6.45, 7) is 6.07. The first-order valence-corrected chi connectivity index (χ1v) is 36.0. The molecule has 0 aliphatic rings. The smallest absolute Gasteiger partial charge is 0.221 e. The van der Waals surface area contributed by atoms with E-state index in [0.29, 0.717) is 34.9 Å². The van der Waals surface area contributed by atoms with Gasteiger partial charge in [0, 0.05) is 29.0 Å². The van der Waals surface area contributed by atoms with Gasteiger partial charge in [-0.2, -0.15) is 0 Å². The van der Waals surface area contributed by atoms with Crippen molar-refractivity contribution >= 4 is 135 Å². The maximum Gasteiger partial charge on any atom is 0.221 e. The average Bonchev–Trinajstić information content (AvgIpc) is 1.33. The molecule has 0 N–H and O–H groups in total. The normalized spacial score (nSPS) is 12.4. The lowest BCUT2D eigenvalue weighted by atomic mass is 10.2. The van der Waals surface area contributed by atoms with E-state index < -0.39 is 8.07 Å². The lowest BCUT2D eigenvalue weighted by Gasteiger charge is -2.34. The monoisotopic (exact) mass is 1330 g/mol. The van der Waals surface area contributed by atoms with Crippen LogP contribution >= 0.6 is 0 Å². The Kier molecular flexibility index (Phi) is 12.4. The standard InChI is InChI=1S/C85H56N16Si/c1-3-4-29-61-54(2)94-68-36-17-21-40-72(68)98(82(94)86-61)76-52-77(99-73-41-22-18-37-69(73)95-65-33-14-11-30-62(65)87-83(95)99)91-80(90-76)55-44-48-59(49-45-55)102(57-25-7-5-8-26-57,58-27-9-6-10-28-58)60-50-46-56(47-51-60)81-92-78(100-74-42-23-19-38-70(74)96-66-34-15-12-31-63(66)88-84(96)100)53-79(93-81)101-75-43-24-20-39-71(75)97-67-35-16-13-32-64(67)89-85(97)101/h3-53H,1H2,2H3/b29-4-. The van der Waals surface area contributed by atoms with Crippen LogP contribution < -0.4 is 20.7 Å². The fourth-order valence-corrected chi connectivity index (χ4v) is 20.6. The van der Waals surface area contributed by atoms with Gasteiger partial charge in [0.1, 0.15) is 23.3 Å². The molecular formula is C85H56N16Si. The molecule has 16 nitrogen and oxygen atoms in total. The molecule has 0 radical (unpaired) electrons. The van der Waals surface area contributed by atoms with Gasteiger partial charge in [-0.1, -0.05) is 213 Å². The van der Waals surface area contributed by atoms with Crippen LogP contribution in [0.15, 0.2) is 310 Å². The van der Waals surface area contributed by atoms with Gasteiger partial charge < -0.3 is 0 Å². The predicted octanol–water partition coefficient (Wildman–Crippen LogP) is 15.3. The number of para-hydroxylation sites is 14. The Morgan fingerprint density at radius 2 is 0.569 bits per heavy atom. The second-order valence-electron chi connectivity index (χ2n) is 25.8. The summed E-state index contributed by atoms with van der Waals surface area (Å²) in [5, 5.41) is 4.79. The number of fused-ring (bicyclic) bond motifs is 18. The Labute approximate surface area is 581 Å². The molecule has 0 amide bonds. The Morgan fingerprint density at radius 3 is 0.912 bits per heavy atom. The molecule has 0 bridgehead atoms. The zero-order valence-electron chi connectivity index (χ0n) is 54.8. The van der Waals surface area contributed by atoms with Crippen molar-refractivity contribution < 1.29 is 0 Å². The van der Waals surface area contributed by atoms with Gasteiger partial charge in [-0.05, 0) is 119 Å². The molecular weight excluding hydrogens is 1270 g/mol. The topological polar surface area (TPSA) is 140 Å². The van der Waals surface area contributed by atoms with Gasteiger partial charge in [0.05, 0.1) is 82.9 Å². The molecule has 480 valence electrons. The summed E-state index contributed by atoms with van der Waals surface area (Å²) >= 11 is 0. The molecule has 11 aromatic carbocycles. The van der Waals surface area contributed by atoms with E-state index in [1.54, 1.807) is 6.08 Å². The lowest BCUT2D eigenvalue weighted by Crippen LogP contribution is -2.74. The van der Waals surface area contributed by atoms with Crippen LogP contribution in [0.4, 0.5) is 0 Å². The molecule has 102 heavy (non-hydrogen) atoms. The quantitative estimate of drug-likeness (QED) is 0.0669. The molecule has 0 atom stereocenters. The SMILES string of the molecule is C=C/C=C\c1nc2n(-c3cc(-n4c5ccccc5n5c6ccccc6nc45)nc(-c4ccc([Si](c5ccccc5)(c5ccccc5)c5ccc(-c6nc(-n7c8ccccc8n8c9ccccc9nc78)cc(-n7c8ccccc8n8c9ccccc9nc78)n6)cc5)cc4)n3)c3ccccc3n2c1C. The second kappa shape index (κ2) is 22.1. The number of aromatic nitrogens is 16. The zero-order chi connectivity index (χ0) is 67.3. The molecule has 0 saturated carbocycles. The number of aryl methyl sites for hydroxylation is 1. The number of rotatable bonds is 12. The third-order valence-corrected chi connectivity index (χ3v) is 25.1. The highest BCUT2D eigenvalue weighted by Crippen LogP contribution is 2.37. The number of imidazole rings is 8. The summed E-state index contributed by atoms with van der Waals surface area (Å²) in [6.07, 6.45) is 5.70. The Balaban J connectivity index is 0.762. The van der Waals surface area contributed by atoms with Crippen molar-refractivity contribution in [3.63, 3.8) is 0 Å². The van der Waals surface area contributed by atoms with Crippen LogP contribution in [-0.2, 0) is 0 Å². The number of nitrogens with zero attached hydrogens (tertiary/aromatic N) is 16. The van der Waals surface area contributed by atoms with Crippen LogP contribution in [0, 0.1) is 6.92 Å². The first kappa shape index (κ1) is 57.2. The van der Waals surface area contributed by atoms with Crippen molar-refractivity contribution in [2.45, 2.75) is 6.92 Å². The molecule has 0 spiro atoms. The van der Waals surface area contributed by atoms with Gasteiger partial charge in [-0.3, -0.25) is 35.9 Å². The largest absolute Gasteiger partial charge is 0.280 e. The maximum atomic E-state index is 5.60. The number of hydrogen-bond acceptors (Lipinski definition) is 8. The van der Waals surface area contributed by atoms with Crippen molar-refractivity contribution in [1.82, 2.24) is 75.7 Å². The third kappa shape index (κ3) is 8.24. The summed E-state index contributed by atoms with van der Waals surface area (Å²) in [5.74, 6) is 6.66. The minimum atomic E-state index is -3.23. The van der Waals surface area contributed by atoms with E-state index in [1.165, 1.54) is 20.7 Å². The Bertz CT molecular complexity index is 6830. The predicted molar refractivity (Wildman–Crippen MR) is 411 cm³/mol. The van der Waals surface area contributed by atoms with Crippen LogP contribution in [0.1, 0.15) is 11.4 Å². The highest BCUT2D eigenvalue weighted by Gasteiger charge is 2.42. The Hall–Kier alpha value is -13.9. The average molecular weight is 1330 g/mol. The minimum absolute atomic E-state index is 0.536. The summed E-state index contributed by atoms with van der Waals surface area (Å²) in [4.78, 5) is 43.7. The summed E-state index contributed by atoms with van der Waals surface area (Å²) in [7, 11) is -3.23. The second-order valence-corrected chi connectivity index (χ2v) is 29.6. The molecule has 10 heterocycles. The van der Waals surface area contributed by atoms with Gasteiger partial charge in [-0.15, -0.1) is 0 Å². The van der Waals surface area contributed by atoms with Crippen LogP contribution in [-0.4, -0.2) is 83.8 Å². The molecule has 0 saturated heterocycles. The first-order valence-electron chi connectivity index (χ1n) is 34.0. The third-order valence-electron chi connectivity index (χ3n) is 20.3. The molecule has 21 rings (SSSR count). The van der Waals surface area contributed by atoms with E-state index in [-0.39, 0.29) is 0 Å². The van der Waals surface area contributed by atoms with Crippen molar-refractivity contribution in [2.75, 3.05) is 0 Å². The molecule has 10 aromatic heterocycles. The van der Waals surface area contributed by atoms with Gasteiger partial charge in [-0.25, -0.2) is 39.9 Å². The van der Waals surface area contributed by atoms with Gasteiger partial charge in [0.15, 0.2) is 19.7 Å². The fourth-order valence-electron chi connectivity index (χ4n) is 15.8. The van der Waals surface area contributed by atoms with Crippen LogP contribution in [0.5, 0.6) is 0 Å². The zero-order valence-corrected chi connectivity index (χ0v) is 55.8. The summed E-state index contributed by atoms with van der Waals surface area (Å²) < 4.78 is 17.5. The van der Waals surface area contributed by atoms with E-state index in [9.17, 15) is 0 Å². The van der Waals surface area contributed by atoms with Crippen LogP contribution in [0.25, 0.3) is 152 Å². The maximum absolute atomic E-state index is 5.60. The molecule has 17 heteroatoms. The summed E-state index contributed by atoms with van der Waals surface area (Å²) in [5.41, 5.74) is 17.1. The van der Waals surface area contributed by atoms with Gasteiger partial charge in [0.2, 0.25) is 23.1 Å². The highest BCUT2D eigenvalue weighted by atomic mass is 28.3. The first-order chi connectivity index (χ1) is 50.5. The minimum Gasteiger partial charge on any atom is -0.280 e.